The second-order valence-electron chi connectivity index (χ2n) is 19.0. The Labute approximate surface area is 391 Å². The molecule has 3 heterocycles. The van der Waals surface area contributed by atoms with Crippen molar-refractivity contribution in [1.82, 2.24) is 30.5 Å². The van der Waals surface area contributed by atoms with Gasteiger partial charge in [0, 0.05) is 87.2 Å². The number of aryl methyl sites for hydroxylation is 1. The van der Waals surface area contributed by atoms with Crippen molar-refractivity contribution in [2.75, 3.05) is 61.4 Å². The van der Waals surface area contributed by atoms with Gasteiger partial charge in [-0.25, -0.2) is 15.0 Å². The summed E-state index contributed by atoms with van der Waals surface area (Å²) in [4.78, 5) is 26.7. The van der Waals surface area contributed by atoms with E-state index < -0.39 is 0 Å². The van der Waals surface area contributed by atoms with Crippen LogP contribution in [-0.2, 0) is 13.0 Å². The third-order valence-electron chi connectivity index (χ3n) is 12.9. The minimum absolute atomic E-state index is 0.00594. The maximum Gasteiger partial charge on any atom is 0.135 e. The van der Waals surface area contributed by atoms with Crippen LogP contribution in [0.15, 0.2) is 114 Å². The average Bonchev–Trinajstić information content (AvgIpc) is 4.16. The molecule has 10 nitrogen and oxygen atoms in total. The monoisotopic (exact) mass is 879 g/mol. The van der Waals surface area contributed by atoms with Crippen LogP contribution in [0.4, 0.5) is 23.0 Å². The average molecular weight is 879 g/mol. The first kappa shape index (κ1) is 49.0. The molecule has 1 saturated carbocycles. The van der Waals surface area contributed by atoms with E-state index in [4.69, 9.17) is 9.98 Å². The van der Waals surface area contributed by atoms with Crippen molar-refractivity contribution in [1.29, 1.82) is 0 Å². The molecule has 4 aromatic rings. The van der Waals surface area contributed by atoms with Crippen molar-refractivity contribution < 1.29 is 0 Å². The number of aliphatic imine (C=N–C) groups is 1. The lowest BCUT2D eigenvalue weighted by Gasteiger charge is -2.36. The number of allylic oxidation sites excluding steroid dienone is 5. The highest BCUT2D eigenvalue weighted by Crippen LogP contribution is 2.36. The number of nitrogens with one attached hydrogen (secondary N) is 3. The summed E-state index contributed by atoms with van der Waals surface area (Å²) in [6, 6.07) is 22.0. The molecule has 0 bridgehead atoms. The molecule has 65 heavy (non-hydrogen) atoms. The zero-order valence-electron chi connectivity index (χ0n) is 41.3. The van der Waals surface area contributed by atoms with Crippen molar-refractivity contribution in [3.8, 4) is 11.3 Å². The van der Waals surface area contributed by atoms with Gasteiger partial charge in [0.1, 0.15) is 23.8 Å². The lowest BCUT2D eigenvalue weighted by atomic mass is 9.91. The molecule has 348 valence electrons. The van der Waals surface area contributed by atoms with E-state index in [1.54, 1.807) is 6.33 Å². The predicted molar refractivity (Wildman–Crippen MR) is 276 cm³/mol. The number of nitrogens with zero attached hydrogens (tertiary/aromatic N) is 7. The van der Waals surface area contributed by atoms with Crippen LogP contribution in [-0.4, -0.2) is 71.9 Å². The standard InChI is InChI=1S/C55H78N10/c1-11-15-40(5)27-30-65(53(14-4)56-10)46-23-17-42(18-24-46)28-29-63-31-33-64(34-32-63)47-25-26-51(58-38-47)62-52-36-49(59-39-60-52)44-21-22-45(41(6)35-44)37-57-48(13-3)54(43-19-20-43)61-50(16-12-2)55(7,8)9/h13-14,16-18,21-26,35-36,38-40,43,56-57H,11-12,15,19-20,27-34,37H2,1-10H3,(H,58,59,60,62)/b48-13+,50-16-,53-14+,61-54+. The van der Waals surface area contributed by atoms with Gasteiger partial charge in [-0.1, -0.05) is 90.8 Å². The molecule has 0 radical (unpaired) electrons. The molecule has 2 fully saturated rings. The number of hydrogen-bond donors (Lipinski definition) is 3. The van der Waals surface area contributed by atoms with Gasteiger partial charge in [0.2, 0.25) is 0 Å². The third kappa shape index (κ3) is 14.0. The summed E-state index contributed by atoms with van der Waals surface area (Å²) < 4.78 is 0. The molecule has 2 aromatic heterocycles. The van der Waals surface area contributed by atoms with Crippen molar-refractivity contribution in [2.24, 2.45) is 22.2 Å². The largest absolute Gasteiger partial charge is 0.380 e. The van der Waals surface area contributed by atoms with Gasteiger partial charge in [-0.15, -0.1) is 0 Å². The maximum atomic E-state index is 5.27. The van der Waals surface area contributed by atoms with Crippen LogP contribution in [0, 0.1) is 24.2 Å². The highest BCUT2D eigenvalue weighted by Gasteiger charge is 2.31. The molecule has 6 rings (SSSR count). The van der Waals surface area contributed by atoms with Gasteiger partial charge in [0.05, 0.1) is 29.0 Å². The van der Waals surface area contributed by atoms with Crippen LogP contribution in [0.2, 0.25) is 0 Å². The number of pyridine rings is 1. The fourth-order valence-electron chi connectivity index (χ4n) is 8.69. The molecular formula is C55H78N10. The van der Waals surface area contributed by atoms with Gasteiger partial charge in [-0.05, 0) is 112 Å². The molecule has 1 saturated heterocycles. The van der Waals surface area contributed by atoms with Crippen LogP contribution < -0.4 is 25.8 Å². The lowest BCUT2D eigenvalue weighted by Crippen LogP contribution is -2.47. The number of piperazine rings is 1. The highest BCUT2D eigenvalue weighted by atomic mass is 15.3. The van der Waals surface area contributed by atoms with Crippen LogP contribution >= 0.6 is 0 Å². The molecule has 0 amide bonds. The predicted octanol–water partition coefficient (Wildman–Crippen LogP) is 11.9. The first-order valence-corrected chi connectivity index (χ1v) is 24.4. The third-order valence-corrected chi connectivity index (χ3v) is 12.9. The van der Waals surface area contributed by atoms with Crippen molar-refractivity contribution in [3.63, 3.8) is 0 Å². The molecule has 3 N–H and O–H groups in total. The van der Waals surface area contributed by atoms with E-state index in [2.05, 4.69) is 170 Å². The quantitative estimate of drug-likeness (QED) is 0.0667. The van der Waals surface area contributed by atoms with E-state index in [0.29, 0.717) is 11.7 Å². The van der Waals surface area contributed by atoms with Crippen molar-refractivity contribution in [3.05, 3.63) is 125 Å². The number of aromatic nitrogens is 3. The number of benzene rings is 2. The topological polar surface area (TPSA) is 96.8 Å². The van der Waals surface area contributed by atoms with Gasteiger partial charge in [0.15, 0.2) is 0 Å². The fourth-order valence-corrected chi connectivity index (χ4v) is 8.69. The Morgan fingerprint density at radius 3 is 2.29 bits per heavy atom. The Kier molecular flexibility index (Phi) is 17.8. The fraction of sp³-hybridized carbons (Fsp3) is 0.491. The van der Waals surface area contributed by atoms with Gasteiger partial charge in [-0.3, -0.25) is 9.89 Å². The summed E-state index contributed by atoms with van der Waals surface area (Å²) >= 11 is 0. The van der Waals surface area contributed by atoms with Crippen molar-refractivity contribution in [2.45, 2.75) is 114 Å². The number of rotatable bonds is 22. The molecular weight excluding hydrogens is 801 g/mol. The Morgan fingerprint density at radius 1 is 0.908 bits per heavy atom. The Bertz CT molecular complexity index is 2240. The molecule has 1 atom stereocenters. The molecule has 1 aliphatic carbocycles. The minimum Gasteiger partial charge on any atom is -0.380 e. The van der Waals surface area contributed by atoms with E-state index >= 15 is 0 Å². The summed E-state index contributed by atoms with van der Waals surface area (Å²) in [5, 5.41) is 10.6. The first-order chi connectivity index (χ1) is 31.4. The Balaban J connectivity index is 0.982. The maximum absolute atomic E-state index is 5.27. The molecule has 1 unspecified atom stereocenters. The van der Waals surface area contributed by atoms with Crippen molar-refractivity contribution >= 4 is 28.7 Å². The zero-order valence-corrected chi connectivity index (χ0v) is 41.3. The molecule has 2 aromatic carbocycles. The second kappa shape index (κ2) is 23.6. The van der Waals surface area contributed by atoms with E-state index in [9.17, 15) is 0 Å². The summed E-state index contributed by atoms with van der Waals surface area (Å²) in [6.45, 7) is 26.9. The second-order valence-corrected chi connectivity index (χ2v) is 19.0. The first-order valence-electron chi connectivity index (χ1n) is 24.4. The molecule has 0 spiro atoms. The number of anilines is 4. The minimum atomic E-state index is 0.00594. The van der Waals surface area contributed by atoms with E-state index in [0.717, 1.165) is 98.9 Å². The van der Waals surface area contributed by atoms with Crippen LogP contribution in [0.1, 0.15) is 111 Å². The van der Waals surface area contributed by atoms with Crippen LogP contribution in [0.5, 0.6) is 0 Å². The summed E-state index contributed by atoms with van der Waals surface area (Å²) in [7, 11) is 2.02. The SMILES string of the molecule is C\C=C(NCc1ccc(-c2cc(Nc3ccc(N4CCN(CCc5ccc(N(CCC(C)CCC)/C(=C/C)NC)cc5)CC4)cn3)ncn2)cc1C)/C(=N/C(=C\CC)C(C)(C)C)C1CC1. The zero-order chi connectivity index (χ0) is 46.3. The van der Waals surface area contributed by atoms with Gasteiger partial charge in [-0.2, -0.15) is 0 Å². The number of hydrogen-bond acceptors (Lipinski definition) is 10. The summed E-state index contributed by atoms with van der Waals surface area (Å²) in [5.74, 6) is 3.90. The van der Waals surface area contributed by atoms with E-state index in [1.807, 2.05) is 25.4 Å². The smallest absolute Gasteiger partial charge is 0.135 e. The van der Waals surface area contributed by atoms with Crippen LogP contribution in [0.25, 0.3) is 11.3 Å². The molecule has 10 heteroatoms. The Morgan fingerprint density at radius 2 is 1.68 bits per heavy atom. The summed E-state index contributed by atoms with van der Waals surface area (Å²) in [5.41, 5.74) is 11.7. The van der Waals surface area contributed by atoms with Gasteiger partial charge < -0.3 is 25.8 Å². The van der Waals surface area contributed by atoms with E-state index in [1.165, 1.54) is 65.9 Å². The molecule has 1 aliphatic heterocycles. The van der Waals surface area contributed by atoms with Gasteiger partial charge >= 0.3 is 0 Å². The summed E-state index contributed by atoms with van der Waals surface area (Å²) in [6.07, 6.45) is 18.4. The normalized spacial score (nSPS) is 16.1. The van der Waals surface area contributed by atoms with Gasteiger partial charge in [0.25, 0.3) is 0 Å². The molecule has 2 aliphatic rings. The Hall–Kier alpha value is -5.48. The highest BCUT2D eigenvalue weighted by molar-refractivity contribution is 6.03. The lowest BCUT2D eigenvalue weighted by molar-refractivity contribution is 0.261. The van der Waals surface area contributed by atoms with Crippen LogP contribution in [0.3, 0.4) is 0 Å². The van der Waals surface area contributed by atoms with E-state index in [-0.39, 0.29) is 5.41 Å².